The maximum atomic E-state index is 10.8. The van der Waals surface area contributed by atoms with Crippen LogP contribution in [0.5, 0.6) is 0 Å². The van der Waals surface area contributed by atoms with Crippen LogP contribution in [0, 0.1) is 5.92 Å². The summed E-state index contributed by atoms with van der Waals surface area (Å²) in [6, 6.07) is -0.0350. The van der Waals surface area contributed by atoms with E-state index < -0.39 is 0 Å². The Morgan fingerprint density at radius 2 is 2.36 bits per heavy atom. The average Bonchev–Trinajstić information content (AvgIpc) is 2.49. The van der Waals surface area contributed by atoms with Gasteiger partial charge in [0.2, 0.25) is 5.91 Å². The van der Waals surface area contributed by atoms with Gasteiger partial charge in [-0.15, -0.1) is 0 Å². The van der Waals surface area contributed by atoms with E-state index in [1.54, 1.807) is 0 Å². The summed E-state index contributed by atoms with van der Waals surface area (Å²) in [5.41, 5.74) is 0. The lowest BCUT2D eigenvalue weighted by molar-refractivity contribution is -0.117. The second-order valence-corrected chi connectivity index (χ2v) is 3.87. The lowest BCUT2D eigenvalue weighted by Crippen LogP contribution is -2.44. The van der Waals surface area contributed by atoms with Gasteiger partial charge in [0, 0.05) is 0 Å². The molecule has 1 unspecified atom stereocenters. The van der Waals surface area contributed by atoms with Gasteiger partial charge in [-0.3, -0.25) is 10.1 Å². The summed E-state index contributed by atoms with van der Waals surface area (Å²) in [6.45, 7) is 4.40. The van der Waals surface area contributed by atoms with Crippen LogP contribution < -0.4 is 10.6 Å². The number of guanidine groups is 1. The highest BCUT2D eigenvalue weighted by Gasteiger charge is 2.17. The lowest BCUT2D eigenvalue weighted by atomic mass is 10.0. The van der Waals surface area contributed by atoms with E-state index in [1.165, 1.54) is 0 Å². The van der Waals surface area contributed by atoms with Crippen molar-refractivity contribution in [3.05, 3.63) is 0 Å². The first-order valence-electron chi connectivity index (χ1n) is 4.83. The number of aliphatic hydroxyl groups excluding tert-OH is 1. The Morgan fingerprint density at radius 1 is 1.64 bits per heavy atom. The van der Waals surface area contributed by atoms with Gasteiger partial charge in [0.05, 0.1) is 12.6 Å². The molecule has 14 heavy (non-hydrogen) atoms. The highest BCUT2D eigenvalue weighted by atomic mass is 16.3. The molecule has 1 aliphatic heterocycles. The molecule has 0 aliphatic carbocycles. The molecule has 1 amide bonds. The van der Waals surface area contributed by atoms with Gasteiger partial charge < -0.3 is 10.4 Å². The fourth-order valence-corrected chi connectivity index (χ4v) is 1.39. The fraction of sp³-hybridized carbons (Fsp3) is 0.778. The maximum Gasteiger partial charge on any atom is 0.248 e. The highest BCUT2D eigenvalue weighted by Crippen LogP contribution is 2.04. The van der Waals surface area contributed by atoms with Crippen LogP contribution in [0.25, 0.3) is 0 Å². The van der Waals surface area contributed by atoms with E-state index in [2.05, 4.69) is 29.5 Å². The number of aliphatic imine (C=N–C) groups is 1. The average molecular weight is 199 g/mol. The van der Waals surface area contributed by atoms with Crippen LogP contribution in [0.2, 0.25) is 0 Å². The molecule has 0 bridgehead atoms. The number of carbonyl (C=O) groups excluding carboxylic acids is 1. The van der Waals surface area contributed by atoms with Crippen molar-refractivity contribution in [3.8, 4) is 0 Å². The minimum Gasteiger partial charge on any atom is -0.394 e. The Labute approximate surface area is 83.6 Å². The van der Waals surface area contributed by atoms with Crippen molar-refractivity contribution in [2.75, 3.05) is 13.2 Å². The van der Waals surface area contributed by atoms with E-state index in [1.807, 2.05) is 0 Å². The Kier molecular flexibility index (Phi) is 3.88. The molecule has 80 valence electrons. The zero-order chi connectivity index (χ0) is 10.6. The maximum absolute atomic E-state index is 10.8. The summed E-state index contributed by atoms with van der Waals surface area (Å²) in [5.74, 6) is 0.876. The van der Waals surface area contributed by atoms with E-state index in [4.69, 9.17) is 5.11 Å². The molecule has 0 saturated carbocycles. The van der Waals surface area contributed by atoms with Crippen molar-refractivity contribution in [1.29, 1.82) is 0 Å². The zero-order valence-corrected chi connectivity index (χ0v) is 8.58. The number of amides is 1. The van der Waals surface area contributed by atoms with Gasteiger partial charge in [-0.25, -0.2) is 4.99 Å². The summed E-state index contributed by atoms with van der Waals surface area (Å²) in [7, 11) is 0. The molecule has 1 aliphatic rings. The van der Waals surface area contributed by atoms with Gasteiger partial charge >= 0.3 is 0 Å². The molecule has 5 nitrogen and oxygen atoms in total. The van der Waals surface area contributed by atoms with Crippen molar-refractivity contribution < 1.29 is 9.90 Å². The van der Waals surface area contributed by atoms with E-state index >= 15 is 0 Å². The minimum absolute atomic E-state index is 0.0350. The molecule has 1 atom stereocenters. The Hall–Kier alpha value is -1.10. The second-order valence-electron chi connectivity index (χ2n) is 3.87. The molecule has 1 rings (SSSR count). The predicted octanol–water partition coefficient (Wildman–Crippen LogP) is -0.531. The van der Waals surface area contributed by atoms with Gasteiger partial charge in [0.25, 0.3) is 0 Å². The van der Waals surface area contributed by atoms with Crippen molar-refractivity contribution in [2.24, 2.45) is 10.9 Å². The van der Waals surface area contributed by atoms with E-state index in [0.717, 1.165) is 6.42 Å². The summed E-state index contributed by atoms with van der Waals surface area (Å²) >= 11 is 0. The SMILES string of the molecule is CC(C)CC(CO)NC1=NCC(=O)N1. The summed E-state index contributed by atoms with van der Waals surface area (Å²) < 4.78 is 0. The highest BCUT2D eigenvalue weighted by molar-refractivity contribution is 6.02. The van der Waals surface area contributed by atoms with Crippen LogP contribution in [0.4, 0.5) is 0 Å². The molecule has 5 heteroatoms. The Morgan fingerprint density at radius 3 is 2.79 bits per heavy atom. The minimum atomic E-state index is -0.103. The number of carbonyl (C=O) groups is 1. The quantitative estimate of drug-likeness (QED) is 0.570. The van der Waals surface area contributed by atoms with Crippen LogP contribution in [0.1, 0.15) is 20.3 Å². The largest absolute Gasteiger partial charge is 0.394 e. The number of hydrogen-bond donors (Lipinski definition) is 3. The van der Waals surface area contributed by atoms with E-state index in [0.29, 0.717) is 11.9 Å². The first-order chi connectivity index (χ1) is 6.61. The van der Waals surface area contributed by atoms with Gasteiger partial charge in [0.1, 0.15) is 6.54 Å². The number of nitrogens with one attached hydrogen (secondary N) is 2. The number of aliphatic hydroxyl groups is 1. The molecule has 0 spiro atoms. The van der Waals surface area contributed by atoms with Crippen LogP contribution in [0.15, 0.2) is 4.99 Å². The van der Waals surface area contributed by atoms with Crippen LogP contribution in [0.3, 0.4) is 0 Å². The third kappa shape index (κ3) is 3.33. The third-order valence-corrected chi connectivity index (χ3v) is 1.96. The molecule has 0 aromatic carbocycles. The molecule has 0 aromatic rings. The number of hydrogen-bond acceptors (Lipinski definition) is 4. The van der Waals surface area contributed by atoms with Gasteiger partial charge in [-0.2, -0.15) is 0 Å². The van der Waals surface area contributed by atoms with Gasteiger partial charge in [0.15, 0.2) is 5.96 Å². The molecular weight excluding hydrogens is 182 g/mol. The standard InChI is InChI=1S/C9H17N3O2/c1-6(2)3-7(5-13)11-9-10-4-8(14)12-9/h6-7,13H,3-5H2,1-2H3,(H2,10,11,12,14). The molecule has 0 saturated heterocycles. The van der Waals surface area contributed by atoms with Crippen molar-refractivity contribution in [3.63, 3.8) is 0 Å². The van der Waals surface area contributed by atoms with Crippen molar-refractivity contribution in [1.82, 2.24) is 10.6 Å². The predicted molar refractivity (Wildman–Crippen MR) is 53.9 cm³/mol. The first kappa shape index (κ1) is 11.0. The van der Waals surface area contributed by atoms with Crippen molar-refractivity contribution in [2.45, 2.75) is 26.3 Å². The molecular formula is C9H17N3O2. The first-order valence-corrected chi connectivity index (χ1v) is 4.83. The second kappa shape index (κ2) is 4.95. The third-order valence-electron chi connectivity index (χ3n) is 1.96. The van der Waals surface area contributed by atoms with Gasteiger partial charge in [-0.05, 0) is 12.3 Å². The smallest absolute Gasteiger partial charge is 0.248 e. The Balaban J connectivity index is 2.37. The van der Waals surface area contributed by atoms with Crippen LogP contribution in [-0.2, 0) is 4.79 Å². The molecule has 0 radical (unpaired) electrons. The number of nitrogens with zero attached hydrogens (tertiary/aromatic N) is 1. The zero-order valence-electron chi connectivity index (χ0n) is 8.58. The normalized spacial score (nSPS) is 18.0. The fourth-order valence-electron chi connectivity index (χ4n) is 1.39. The molecule has 0 aromatic heterocycles. The monoisotopic (exact) mass is 199 g/mol. The van der Waals surface area contributed by atoms with E-state index in [-0.39, 0.29) is 25.1 Å². The molecule has 0 fully saturated rings. The van der Waals surface area contributed by atoms with Crippen molar-refractivity contribution >= 4 is 11.9 Å². The summed E-state index contributed by atoms with van der Waals surface area (Å²) in [4.78, 5) is 14.8. The number of rotatable bonds is 4. The summed E-state index contributed by atoms with van der Waals surface area (Å²) in [6.07, 6.45) is 0.853. The molecule has 1 heterocycles. The topological polar surface area (TPSA) is 73.7 Å². The molecule has 3 N–H and O–H groups in total. The van der Waals surface area contributed by atoms with E-state index in [9.17, 15) is 4.79 Å². The van der Waals surface area contributed by atoms with Gasteiger partial charge in [-0.1, -0.05) is 13.8 Å². The van der Waals surface area contributed by atoms with Crippen LogP contribution >= 0.6 is 0 Å². The lowest BCUT2D eigenvalue weighted by Gasteiger charge is -2.18. The summed E-state index contributed by atoms with van der Waals surface area (Å²) in [5, 5.41) is 14.6. The Bertz CT molecular complexity index is 238. The van der Waals surface area contributed by atoms with Crippen LogP contribution in [-0.4, -0.2) is 36.2 Å².